The maximum atomic E-state index is 11.8. The van der Waals surface area contributed by atoms with Gasteiger partial charge in [0.25, 0.3) is 0 Å². The van der Waals surface area contributed by atoms with Crippen molar-refractivity contribution >= 4 is 29.1 Å². The van der Waals surface area contributed by atoms with E-state index in [2.05, 4.69) is 5.32 Å². The lowest BCUT2D eigenvalue weighted by molar-refractivity contribution is -0.120. The molecule has 0 aliphatic carbocycles. The SMILES string of the molecule is CCCCC(=O)NC(=S)N(CCC(N)=O)Cc1ccccc1. The van der Waals surface area contributed by atoms with Crippen molar-refractivity contribution in [1.29, 1.82) is 0 Å². The van der Waals surface area contributed by atoms with Crippen LogP contribution in [0.5, 0.6) is 0 Å². The van der Waals surface area contributed by atoms with Crippen LogP contribution < -0.4 is 11.1 Å². The Labute approximate surface area is 136 Å². The molecule has 0 heterocycles. The fourth-order valence-electron chi connectivity index (χ4n) is 1.90. The molecular weight excluding hydrogens is 298 g/mol. The van der Waals surface area contributed by atoms with E-state index in [0.717, 1.165) is 18.4 Å². The Hall–Kier alpha value is -1.95. The molecule has 0 fully saturated rings. The van der Waals surface area contributed by atoms with Gasteiger partial charge in [-0.15, -0.1) is 0 Å². The fraction of sp³-hybridized carbons (Fsp3) is 0.438. The van der Waals surface area contributed by atoms with Crippen LogP contribution in [0.2, 0.25) is 0 Å². The van der Waals surface area contributed by atoms with Crippen LogP contribution in [0.15, 0.2) is 30.3 Å². The van der Waals surface area contributed by atoms with Gasteiger partial charge in [-0.25, -0.2) is 0 Å². The molecule has 22 heavy (non-hydrogen) atoms. The lowest BCUT2D eigenvalue weighted by Gasteiger charge is -2.25. The molecule has 0 saturated carbocycles. The molecule has 0 aliphatic heterocycles. The first kappa shape index (κ1) is 18.1. The molecule has 1 aromatic rings. The largest absolute Gasteiger partial charge is 0.370 e. The lowest BCUT2D eigenvalue weighted by Crippen LogP contribution is -2.43. The summed E-state index contributed by atoms with van der Waals surface area (Å²) in [6, 6.07) is 9.74. The number of hydrogen-bond donors (Lipinski definition) is 2. The van der Waals surface area contributed by atoms with E-state index >= 15 is 0 Å². The number of unbranched alkanes of at least 4 members (excludes halogenated alkanes) is 1. The summed E-state index contributed by atoms with van der Waals surface area (Å²) in [5.41, 5.74) is 6.26. The molecule has 0 atom stereocenters. The smallest absolute Gasteiger partial charge is 0.226 e. The molecule has 1 aromatic carbocycles. The van der Waals surface area contributed by atoms with E-state index in [0.29, 0.717) is 24.6 Å². The quantitative estimate of drug-likeness (QED) is 0.718. The van der Waals surface area contributed by atoms with Crippen molar-refractivity contribution in [2.24, 2.45) is 5.73 Å². The second-order valence-electron chi connectivity index (χ2n) is 5.08. The van der Waals surface area contributed by atoms with Gasteiger partial charge in [-0.05, 0) is 24.2 Å². The van der Waals surface area contributed by atoms with Gasteiger partial charge in [0.2, 0.25) is 11.8 Å². The number of hydrogen-bond acceptors (Lipinski definition) is 3. The van der Waals surface area contributed by atoms with Crippen LogP contribution in [0.3, 0.4) is 0 Å². The summed E-state index contributed by atoms with van der Waals surface area (Å²) in [5, 5.41) is 3.06. The number of carbonyl (C=O) groups excluding carboxylic acids is 2. The molecule has 3 N–H and O–H groups in total. The first-order valence-corrected chi connectivity index (χ1v) is 7.84. The normalized spacial score (nSPS) is 10.0. The molecule has 0 aromatic heterocycles. The van der Waals surface area contributed by atoms with E-state index < -0.39 is 5.91 Å². The average Bonchev–Trinajstić information content (AvgIpc) is 2.50. The first-order chi connectivity index (χ1) is 10.5. The predicted octanol–water partition coefficient (Wildman–Crippen LogP) is 1.96. The minimum atomic E-state index is -0.391. The molecule has 2 amide bonds. The van der Waals surface area contributed by atoms with Gasteiger partial charge in [-0.2, -0.15) is 0 Å². The van der Waals surface area contributed by atoms with Crippen LogP contribution in [0, 0.1) is 0 Å². The highest BCUT2D eigenvalue weighted by atomic mass is 32.1. The number of benzene rings is 1. The Kier molecular flexibility index (Phi) is 8.14. The Balaban J connectivity index is 2.65. The highest BCUT2D eigenvalue weighted by Gasteiger charge is 2.14. The molecule has 120 valence electrons. The number of nitrogens with two attached hydrogens (primary N) is 1. The van der Waals surface area contributed by atoms with Gasteiger partial charge in [-0.1, -0.05) is 43.7 Å². The summed E-state index contributed by atoms with van der Waals surface area (Å²) < 4.78 is 0. The zero-order valence-electron chi connectivity index (χ0n) is 12.9. The van der Waals surface area contributed by atoms with Crippen molar-refractivity contribution in [2.45, 2.75) is 39.2 Å². The minimum absolute atomic E-state index is 0.0935. The lowest BCUT2D eigenvalue weighted by atomic mass is 10.2. The summed E-state index contributed by atoms with van der Waals surface area (Å²) >= 11 is 5.30. The number of thiocarbonyl (C=S) groups is 1. The third kappa shape index (κ3) is 7.17. The highest BCUT2D eigenvalue weighted by Crippen LogP contribution is 2.06. The van der Waals surface area contributed by atoms with Crippen molar-refractivity contribution < 1.29 is 9.59 Å². The molecule has 0 unspecified atom stereocenters. The van der Waals surface area contributed by atoms with Crippen LogP contribution in [0.4, 0.5) is 0 Å². The van der Waals surface area contributed by atoms with Crippen LogP contribution >= 0.6 is 12.2 Å². The molecule has 6 heteroatoms. The van der Waals surface area contributed by atoms with Crippen LogP contribution in [-0.2, 0) is 16.1 Å². The fourth-order valence-corrected chi connectivity index (χ4v) is 2.17. The van der Waals surface area contributed by atoms with E-state index in [-0.39, 0.29) is 12.3 Å². The Morgan fingerprint density at radius 3 is 2.50 bits per heavy atom. The summed E-state index contributed by atoms with van der Waals surface area (Å²) in [6.07, 6.45) is 2.42. The van der Waals surface area contributed by atoms with Gasteiger partial charge in [-0.3, -0.25) is 9.59 Å². The van der Waals surface area contributed by atoms with Crippen LogP contribution in [0.25, 0.3) is 0 Å². The van der Waals surface area contributed by atoms with Crippen molar-refractivity contribution in [3.05, 3.63) is 35.9 Å². The van der Waals surface area contributed by atoms with E-state index in [9.17, 15) is 9.59 Å². The minimum Gasteiger partial charge on any atom is -0.370 e. The summed E-state index contributed by atoms with van der Waals surface area (Å²) in [4.78, 5) is 24.6. The number of primary amides is 1. The Morgan fingerprint density at radius 2 is 1.91 bits per heavy atom. The molecule has 0 aliphatic rings. The summed E-state index contributed by atoms with van der Waals surface area (Å²) in [5.74, 6) is -0.484. The van der Waals surface area contributed by atoms with Crippen LogP contribution in [0.1, 0.15) is 38.2 Å². The molecule has 1 rings (SSSR count). The van der Waals surface area contributed by atoms with Gasteiger partial charge in [0.15, 0.2) is 5.11 Å². The number of rotatable bonds is 8. The van der Waals surface area contributed by atoms with E-state index in [1.54, 1.807) is 4.90 Å². The van der Waals surface area contributed by atoms with Gasteiger partial charge in [0.1, 0.15) is 0 Å². The zero-order valence-corrected chi connectivity index (χ0v) is 13.7. The molecular formula is C16H23N3O2S. The first-order valence-electron chi connectivity index (χ1n) is 7.44. The van der Waals surface area contributed by atoms with E-state index in [1.807, 2.05) is 37.3 Å². The van der Waals surface area contributed by atoms with Gasteiger partial charge in [0, 0.05) is 25.9 Å². The maximum Gasteiger partial charge on any atom is 0.226 e. The predicted molar refractivity (Wildman–Crippen MR) is 90.9 cm³/mol. The van der Waals surface area contributed by atoms with Crippen molar-refractivity contribution in [3.63, 3.8) is 0 Å². The van der Waals surface area contributed by atoms with Gasteiger partial charge < -0.3 is 16.0 Å². The third-order valence-corrected chi connectivity index (χ3v) is 3.50. The summed E-state index contributed by atoms with van der Waals surface area (Å²) in [7, 11) is 0. The monoisotopic (exact) mass is 321 g/mol. The zero-order chi connectivity index (χ0) is 16.4. The molecule has 0 radical (unpaired) electrons. The van der Waals surface area contributed by atoms with Gasteiger partial charge >= 0.3 is 0 Å². The van der Waals surface area contributed by atoms with Crippen molar-refractivity contribution in [3.8, 4) is 0 Å². The third-order valence-electron chi connectivity index (χ3n) is 3.14. The highest BCUT2D eigenvalue weighted by molar-refractivity contribution is 7.80. The van der Waals surface area contributed by atoms with Gasteiger partial charge in [0.05, 0.1) is 0 Å². The number of nitrogens with zero attached hydrogens (tertiary/aromatic N) is 1. The number of amides is 2. The second-order valence-corrected chi connectivity index (χ2v) is 5.47. The standard InChI is InChI=1S/C16H23N3O2S/c1-2-3-9-15(21)18-16(22)19(11-10-14(17)20)12-13-7-5-4-6-8-13/h4-8H,2-3,9-12H2,1H3,(H2,17,20)(H,18,21,22). The van der Waals surface area contributed by atoms with Crippen LogP contribution in [-0.4, -0.2) is 28.4 Å². The molecule has 5 nitrogen and oxygen atoms in total. The number of nitrogens with one attached hydrogen (secondary N) is 1. The maximum absolute atomic E-state index is 11.8. The molecule has 0 spiro atoms. The number of carbonyl (C=O) groups is 2. The molecule has 0 saturated heterocycles. The second kappa shape index (κ2) is 9.89. The van der Waals surface area contributed by atoms with E-state index in [4.69, 9.17) is 18.0 Å². The summed E-state index contributed by atoms with van der Waals surface area (Å²) in [6.45, 7) is 2.94. The Morgan fingerprint density at radius 1 is 1.23 bits per heavy atom. The van der Waals surface area contributed by atoms with Crippen molar-refractivity contribution in [1.82, 2.24) is 10.2 Å². The Bertz CT molecular complexity index is 505. The van der Waals surface area contributed by atoms with E-state index in [1.165, 1.54) is 0 Å². The average molecular weight is 321 g/mol. The molecule has 0 bridgehead atoms. The topological polar surface area (TPSA) is 75.4 Å². The van der Waals surface area contributed by atoms with Crippen molar-refractivity contribution in [2.75, 3.05) is 6.54 Å².